The molecule has 0 amide bonds. The molecule has 0 saturated carbocycles. The minimum atomic E-state index is -6.00. The molecule has 0 radical (unpaired) electrons. The number of hydrogen-bond acceptors (Lipinski definition) is 2. The number of benzene rings is 2. The maximum absolute atomic E-state index is 9.82. The normalized spacial score (nSPS) is 11.3. The highest BCUT2D eigenvalue weighted by Crippen LogP contribution is 2.35. The summed E-state index contributed by atoms with van der Waals surface area (Å²) in [6, 6.07) is 8.77. The van der Waals surface area contributed by atoms with Crippen LogP contribution >= 0.6 is 0 Å². The Morgan fingerprint density at radius 2 is 1.45 bits per heavy atom. The van der Waals surface area contributed by atoms with Gasteiger partial charge in [-0.15, -0.1) is 0 Å². The first-order valence-corrected chi connectivity index (χ1v) is 7.54. The van der Waals surface area contributed by atoms with E-state index in [2.05, 4.69) is 12.5 Å². The van der Waals surface area contributed by atoms with Crippen molar-refractivity contribution in [1.82, 2.24) is 0 Å². The number of rotatable bonds is 1. The van der Waals surface area contributed by atoms with E-state index >= 15 is 0 Å². The summed E-state index contributed by atoms with van der Waals surface area (Å²) < 4.78 is 39.0. The average Bonchev–Trinajstić information content (AvgIpc) is 2.28. The molecule has 0 aliphatic heterocycles. The highest BCUT2D eigenvalue weighted by atomic mass is 32.2. The van der Waals surface area contributed by atoms with Gasteiger partial charge in [0.15, 0.2) is 4.90 Å². The first-order valence-electron chi connectivity index (χ1n) is 5.50. The highest BCUT2D eigenvalue weighted by molar-refractivity contribution is 7.95. The fraction of sp³-hybridized carbons (Fsp3) is 0.167. The SMILES string of the molecule is C[S+](C)c1ccc(O)c2cccc(O)c12.F[B-](F)(F)F. The third-order valence-corrected chi connectivity index (χ3v) is 3.62. The molecular weight excluding hydrogens is 295 g/mol. The number of aromatic hydroxyl groups is 2. The van der Waals surface area contributed by atoms with E-state index in [1.54, 1.807) is 18.2 Å². The number of phenolic OH excluding ortho intramolecular Hbond substituents is 2. The maximum atomic E-state index is 9.82. The Morgan fingerprint density at radius 3 is 1.95 bits per heavy atom. The van der Waals surface area contributed by atoms with Gasteiger partial charge in [-0.3, -0.25) is 0 Å². The van der Waals surface area contributed by atoms with Gasteiger partial charge in [0.05, 0.1) is 5.39 Å². The predicted octanol–water partition coefficient (Wildman–Crippen LogP) is 3.79. The van der Waals surface area contributed by atoms with E-state index in [0.29, 0.717) is 5.39 Å². The van der Waals surface area contributed by atoms with Crippen molar-refractivity contribution in [2.45, 2.75) is 4.90 Å². The molecule has 0 unspecified atom stereocenters. The van der Waals surface area contributed by atoms with Crippen molar-refractivity contribution in [2.75, 3.05) is 12.5 Å². The standard InChI is InChI=1S/C12H12O2S.BF4/c1-15(2)11-7-6-9(13)8-4-3-5-10(14)12(8)11;2-1(3,4)5/h3-7H,1-2H3,(H-,13,14);/q;-1/p+1. The zero-order valence-corrected chi connectivity index (χ0v) is 11.6. The fourth-order valence-corrected chi connectivity index (χ4v) is 2.64. The van der Waals surface area contributed by atoms with E-state index in [9.17, 15) is 27.5 Å². The Kier molecular flexibility index (Phi) is 5.16. The van der Waals surface area contributed by atoms with Crippen LogP contribution in [0, 0.1) is 0 Å². The van der Waals surface area contributed by atoms with Crippen molar-refractivity contribution in [3.63, 3.8) is 0 Å². The van der Waals surface area contributed by atoms with E-state index in [-0.39, 0.29) is 22.4 Å². The lowest BCUT2D eigenvalue weighted by molar-refractivity contribution is 0.368. The van der Waals surface area contributed by atoms with Gasteiger partial charge in [0.2, 0.25) is 0 Å². The smallest absolute Gasteiger partial charge is 0.507 e. The lowest BCUT2D eigenvalue weighted by Crippen LogP contribution is -2.02. The van der Waals surface area contributed by atoms with Gasteiger partial charge in [-0.2, -0.15) is 0 Å². The summed E-state index contributed by atoms with van der Waals surface area (Å²) >= 11 is 0. The van der Waals surface area contributed by atoms with Crippen molar-refractivity contribution >= 4 is 28.9 Å². The molecular formula is C12H13BF4O2S. The second-order valence-corrected chi connectivity index (χ2v) is 6.17. The lowest BCUT2D eigenvalue weighted by Gasteiger charge is -2.06. The topological polar surface area (TPSA) is 40.5 Å². The van der Waals surface area contributed by atoms with Crippen LogP contribution in [0.1, 0.15) is 0 Å². The van der Waals surface area contributed by atoms with Crippen LogP contribution in [0.2, 0.25) is 0 Å². The Morgan fingerprint density at radius 1 is 0.900 bits per heavy atom. The summed E-state index contributed by atoms with van der Waals surface area (Å²) in [6.45, 7) is 0. The highest BCUT2D eigenvalue weighted by Gasteiger charge is 2.20. The molecule has 0 atom stereocenters. The molecule has 0 bridgehead atoms. The van der Waals surface area contributed by atoms with Crippen molar-refractivity contribution in [1.29, 1.82) is 0 Å². The van der Waals surface area contributed by atoms with Gasteiger partial charge in [0, 0.05) is 16.3 Å². The van der Waals surface area contributed by atoms with Crippen molar-refractivity contribution in [2.24, 2.45) is 0 Å². The first kappa shape index (κ1) is 16.5. The number of halogens is 4. The van der Waals surface area contributed by atoms with Crippen molar-refractivity contribution < 1.29 is 27.5 Å². The number of hydrogen-bond donors (Lipinski definition) is 2. The molecule has 2 aromatic carbocycles. The van der Waals surface area contributed by atoms with E-state index in [1.165, 1.54) is 0 Å². The van der Waals surface area contributed by atoms with Crippen LogP contribution in [0.15, 0.2) is 35.2 Å². The van der Waals surface area contributed by atoms with E-state index in [0.717, 1.165) is 10.3 Å². The van der Waals surface area contributed by atoms with Crippen LogP contribution in [0.5, 0.6) is 11.5 Å². The summed E-state index contributed by atoms with van der Waals surface area (Å²) in [6.07, 6.45) is 4.19. The van der Waals surface area contributed by atoms with Gasteiger partial charge >= 0.3 is 7.25 Å². The van der Waals surface area contributed by atoms with Crippen LogP contribution in [-0.4, -0.2) is 30.0 Å². The Bertz CT molecular complexity index is 596. The van der Waals surface area contributed by atoms with Gasteiger partial charge in [0.1, 0.15) is 24.0 Å². The molecule has 2 aromatic rings. The Labute approximate surface area is 116 Å². The summed E-state index contributed by atoms with van der Waals surface area (Å²) in [7, 11) is -5.94. The minimum absolute atomic E-state index is 0.0568. The Balaban J connectivity index is 0.000000347. The van der Waals surface area contributed by atoms with Crippen molar-refractivity contribution in [3.8, 4) is 11.5 Å². The van der Waals surface area contributed by atoms with E-state index in [1.807, 2.05) is 12.1 Å². The monoisotopic (exact) mass is 308 g/mol. The Hall–Kier alpha value is -1.57. The largest absolute Gasteiger partial charge is 0.673 e. The second-order valence-electron chi connectivity index (χ2n) is 4.09. The fourth-order valence-electron chi connectivity index (χ4n) is 1.68. The lowest BCUT2D eigenvalue weighted by atomic mass is 10.1. The van der Waals surface area contributed by atoms with Crippen LogP contribution in [0.25, 0.3) is 10.8 Å². The van der Waals surface area contributed by atoms with Crippen LogP contribution in [0.4, 0.5) is 17.3 Å². The van der Waals surface area contributed by atoms with Crippen LogP contribution in [0.3, 0.4) is 0 Å². The molecule has 0 fully saturated rings. The van der Waals surface area contributed by atoms with Crippen LogP contribution in [-0.2, 0) is 10.9 Å². The summed E-state index contributed by atoms with van der Waals surface area (Å²) in [5.41, 5.74) is 0. The van der Waals surface area contributed by atoms with Gasteiger partial charge < -0.3 is 27.5 Å². The van der Waals surface area contributed by atoms with E-state index < -0.39 is 7.25 Å². The molecule has 2 rings (SSSR count). The first-order chi connectivity index (χ1) is 9.11. The number of fused-ring (bicyclic) bond motifs is 1. The third kappa shape index (κ3) is 4.52. The molecule has 20 heavy (non-hydrogen) atoms. The van der Waals surface area contributed by atoms with Gasteiger partial charge in [-0.25, -0.2) is 0 Å². The summed E-state index contributed by atoms with van der Waals surface area (Å²) in [5.74, 6) is 0.453. The third-order valence-electron chi connectivity index (χ3n) is 2.40. The summed E-state index contributed by atoms with van der Waals surface area (Å²) in [5, 5.41) is 21.0. The predicted molar refractivity (Wildman–Crippen MR) is 74.9 cm³/mol. The molecule has 0 aliphatic rings. The molecule has 0 aliphatic carbocycles. The number of phenols is 2. The molecule has 8 heteroatoms. The molecule has 110 valence electrons. The zero-order chi connectivity index (χ0) is 15.5. The average molecular weight is 308 g/mol. The van der Waals surface area contributed by atoms with Crippen molar-refractivity contribution in [3.05, 3.63) is 30.3 Å². The molecule has 0 spiro atoms. The van der Waals surface area contributed by atoms with Gasteiger partial charge in [0.25, 0.3) is 0 Å². The minimum Gasteiger partial charge on any atom is -0.507 e. The molecule has 0 saturated heterocycles. The summed E-state index contributed by atoms with van der Waals surface area (Å²) in [4.78, 5) is 1.08. The van der Waals surface area contributed by atoms with Crippen LogP contribution < -0.4 is 0 Å². The molecule has 0 heterocycles. The molecule has 2 N–H and O–H groups in total. The molecule has 2 nitrogen and oxygen atoms in total. The maximum Gasteiger partial charge on any atom is 0.673 e. The quantitative estimate of drug-likeness (QED) is 0.478. The van der Waals surface area contributed by atoms with Gasteiger partial charge in [-0.05, 0) is 18.2 Å². The molecule has 0 aromatic heterocycles. The second kappa shape index (κ2) is 6.26. The van der Waals surface area contributed by atoms with Gasteiger partial charge in [-0.1, -0.05) is 12.1 Å². The zero-order valence-electron chi connectivity index (χ0n) is 10.8. The van der Waals surface area contributed by atoms with E-state index in [4.69, 9.17) is 0 Å².